The minimum Gasteiger partial charge on any atom is -0.325 e. The maximum atomic E-state index is 12.7. The van der Waals surface area contributed by atoms with Crippen LogP contribution in [0.5, 0.6) is 0 Å². The van der Waals surface area contributed by atoms with E-state index in [9.17, 15) is 9.59 Å². The summed E-state index contributed by atoms with van der Waals surface area (Å²) < 4.78 is 0. The van der Waals surface area contributed by atoms with Gasteiger partial charge in [0.2, 0.25) is 5.91 Å². The Morgan fingerprint density at radius 3 is 2.81 bits per heavy atom. The van der Waals surface area contributed by atoms with E-state index in [4.69, 9.17) is 0 Å². The molecular weight excluding hydrogens is 376 g/mol. The molecule has 1 N–H and O–H groups in total. The van der Waals surface area contributed by atoms with Crippen LogP contribution in [-0.4, -0.2) is 29.7 Å². The van der Waals surface area contributed by atoms with Crippen LogP contribution in [0.2, 0.25) is 0 Å². The van der Waals surface area contributed by atoms with Gasteiger partial charge >= 0.3 is 0 Å². The molecule has 4 rings (SSSR count). The molecule has 0 spiro atoms. The first-order valence-corrected chi connectivity index (χ1v) is 10.6. The van der Waals surface area contributed by atoms with Crippen LogP contribution in [-0.2, 0) is 11.2 Å². The molecule has 0 unspecified atom stereocenters. The normalized spacial score (nSPS) is 16.7. The quantitative estimate of drug-likeness (QED) is 0.641. The highest BCUT2D eigenvalue weighted by Gasteiger charge is 2.31. The van der Waals surface area contributed by atoms with Crippen LogP contribution < -0.4 is 5.32 Å². The number of thiophene rings is 2. The second-order valence-corrected chi connectivity index (χ2v) is 8.60. The molecule has 1 aliphatic rings. The molecule has 27 heavy (non-hydrogen) atoms. The summed E-state index contributed by atoms with van der Waals surface area (Å²) in [7, 11) is 0. The number of nitrogens with zero attached hydrogens (tertiary/aromatic N) is 1. The van der Waals surface area contributed by atoms with Gasteiger partial charge in [0.25, 0.3) is 0 Å². The van der Waals surface area contributed by atoms with E-state index < -0.39 is 0 Å². The fourth-order valence-electron chi connectivity index (χ4n) is 3.52. The lowest BCUT2D eigenvalue weighted by Crippen LogP contribution is -2.40. The van der Waals surface area contributed by atoms with Crippen molar-refractivity contribution in [3.63, 3.8) is 0 Å². The van der Waals surface area contributed by atoms with Gasteiger partial charge in [0.15, 0.2) is 5.78 Å². The van der Waals surface area contributed by atoms with E-state index in [1.807, 2.05) is 6.07 Å². The number of carbonyl (C=O) groups excluding carboxylic acids is 2. The Bertz CT molecular complexity index is 962. The number of hydrogen-bond acceptors (Lipinski definition) is 5. The van der Waals surface area contributed by atoms with Crippen molar-refractivity contribution in [2.45, 2.75) is 19.4 Å². The number of amides is 1. The summed E-state index contributed by atoms with van der Waals surface area (Å²) >= 11 is 3.53. The molecule has 0 aliphatic carbocycles. The number of fused-ring (bicyclic) bond motifs is 1. The molecular formula is C21H20N2O2S2. The smallest absolute Gasteiger partial charge is 0.238 e. The van der Waals surface area contributed by atoms with Crippen molar-refractivity contribution < 1.29 is 9.59 Å². The van der Waals surface area contributed by atoms with Crippen molar-refractivity contribution >= 4 is 40.1 Å². The largest absolute Gasteiger partial charge is 0.325 e. The Labute approximate surface area is 166 Å². The fraction of sp³-hybridized carbons (Fsp3) is 0.238. The highest BCUT2D eigenvalue weighted by molar-refractivity contribution is 7.10. The first-order valence-electron chi connectivity index (χ1n) is 8.86. The van der Waals surface area contributed by atoms with Gasteiger partial charge in [0.1, 0.15) is 0 Å². The Balaban J connectivity index is 1.52. The number of nitrogens with one attached hydrogen (secondary N) is 1. The van der Waals surface area contributed by atoms with Gasteiger partial charge in [-0.15, -0.1) is 22.7 Å². The molecule has 3 aromatic rings. The van der Waals surface area contributed by atoms with Gasteiger partial charge in [-0.3, -0.25) is 14.5 Å². The van der Waals surface area contributed by atoms with Crippen molar-refractivity contribution in [3.8, 4) is 0 Å². The first-order chi connectivity index (χ1) is 13.1. The molecule has 1 aromatic carbocycles. The highest BCUT2D eigenvalue weighted by Crippen LogP contribution is 2.39. The predicted octanol–water partition coefficient (Wildman–Crippen LogP) is 4.60. The Kier molecular flexibility index (Phi) is 5.20. The fourth-order valence-corrected chi connectivity index (χ4v) is 5.30. The number of rotatable bonds is 5. The lowest BCUT2D eigenvalue weighted by molar-refractivity contribution is -0.117. The maximum Gasteiger partial charge on any atom is 0.238 e. The molecule has 0 bridgehead atoms. The van der Waals surface area contributed by atoms with Crippen LogP contribution in [0.3, 0.4) is 0 Å². The minimum atomic E-state index is -0.0593. The molecule has 3 heterocycles. The summed E-state index contributed by atoms with van der Waals surface area (Å²) in [5.74, 6) is -0.0687. The topological polar surface area (TPSA) is 49.4 Å². The lowest BCUT2D eigenvalue weighted by Gasteiger charge is -2.34. The standard InChI is InChI=1S/C21H20N2O2S2/c1-14(24)15-4-2-5-16(12-15)22-20(25)13-23-9-7-18-17(8-11-27-18)21(23)19-6-3-10-26-19/h2-6,8,10-12,21H,7,9,13H2,1H3,(H,22,25)/t21-/m0/s1. The molecule has 1 atom stereocenters. The molecule has 6 heteroatoms. The van der Waals surface area contributed by atoms with Crippen LogP contribution in [0.1, 0.15) is 38.6 Å². The average molecular weight is 397 g/mol. The molecule has 2 aromatic heterocycles. The Morgan fingerprint density at radius 1 is 1.15 bits per heavy atom. The predicted molar refractivity (Wildman–Crippen MR) is 111 cm³/mol. The van der Waals surface area contributed by atoms with Gasteiger partial charge in [0.05, 0.1) is 12.6 Å². The van der Waals surface area contributed by atoms with Crippen molar-refractivity contribution in [1.29, 1.82) is 0 Å². The third-order valence-electron chi connectivity index (χ3n) is 4.78. The van der Waals surface area contributed by atoms with Crippen molar-refractivity contribution in [2.24, 2.45) is 0 Å². The summed E-state index contributed by atoms with van der Waals surface area (Å²) in [6.07, 6.45) is 0.974. The molecule has 1 aliphatic heterocycles. The van der Waals surface area contributed by atoms with Crippen LogP contribution in [0.15, 0.2) is 53.2 Å². The first kappa shape index (κ1) is 18.1. The molecule has 0 saturated heterocycles. The second-order valence-electron chi connectivity index (χ2n) is 6.62. The van der Waals surface area contributed by atoms with E-state index in [1.165, 1.54) is 22.2 Å². The van der Waals surface area contributed by atoms with E-state index >= 15 is 0 Å². The molecule has 0 saturated carbocycles. The summed E-state index contributed by atoms with van der Waals surface area (Å²) in [4.78, 5) is 29.2. The van der Waals surface area contributed by atoms with Gasteiger partial charge in [-0.1, -0.05) is 18.2 Å². The molecule has 138 valence electrons. The number of Topliss-reactive ketones (excluding diaryl/α,β-unsaturated/α-hetero) is 1. The van der Waals surface area contributed by atoms with Gasteiger partial charge in [-0.2, -0.15) is 0 Å². The second kappa shape index (κ2) is 7.76. The molecule has 0 radical (unpaired) electrons. The van der Waals surface area contributed by atoms with Crippen LogP contribution >= 0.6 is 22.7 Å². The van der Waals surface area contributed by atoms with Crippen molar-refractivity contribution in [1.82, 2.24) is 4.90 Å². The number of anilines is 1. The summed E-state index contributed by atoms with van der Waals surface area (Å²) in [5, 5.41) is 7.17. The van der Waals surface area contributed by atoms with E-state index in [0.29, 0.717) is 17.8 Å². The Morgan fingerprint density at radius 2 is 2.04 bits per heavy atom. The number of hydrogen-bond donors (Lipinski definition) is 1. The van der Waals surface area contributed by atoms with Crippen LogP contribution in [0.4, 0.5) is 5.69 Å². The van der Waals surface area contributed by atoms with E-state index in [1.54, 1.807) is 40.9 Å². The average Bonchev–Trinajstić information content (AvgIpc) is 3.33. The summed E-state index contributed by atoms with van der Waals surface area (Å²) in [5.41, 5.74) is 2.58. The molecule has 4 nitrogen and oxygen atoms in total. The van der Waals surface area contributed by atoms with E-state index in [2.05, 4.69) is 39.2 Å². The summed E-state index contributed by atoms with van der Waals surface area (Å²) in [6, 6.07) is 13.6. The minimum absolute atomic E-state index is 0.00937. The highest BCUT2D eigenvalue weighted by atomic mass is 32.1. The van der Waals surface area contributed by atoms with E-state index in [0.717, 1.165) is 13.0 Å². The molecule has 0 fully saturated rings. The monoisotopic (exact) mass is 396 g/mol. The van der Waals surface area contributed by atoms with E-state index in [-0.39, 0.29) is 17.7 Å². The zero-order valence-electron chi connectivity index (χ0n) is 15.0. The third kappa shape index (κ3) is 3.88. The number of ketones is 1. The lowest BCUT2D eigenvalue weighted by atomic mass is 9.98. The van der Waals surface area contributed by atoms with Crippen molar-refractivity contribution in [3.05, 3.63) is 74.1 Å². The third-order valence-corrected chi connectivity index (χ3v) is 6.70. The molecule has 1 amide bonds. The van der Waals surface area contributed by atoms with Gasteiger partial charge in [-0.25, -0.2) is 0 Å². The zero-order valence-corrected chi connectivity index (χ0v) is 16.6. The van der Waals surface area contributed by atoms with Gasteiger partial charge in [0, 0.05) is 27.5 Å². The maximum absolute atomic E-state index is 12.7. The van der Waals surface area contributed by atoms with Gasteiger partial charge in [-0.05, 0) is 53.9 Å². The summed E-state index contributed by atoms with van der Waals surface area (Å²) in [6.45, 7) is 2.71. The van der Waals surface area contributed by atoms with Crippen LogP contribution in [0, 0.1) is 0 Å². The number of benzene rings is 1. The SMILES string of the molecule is CC(=O)c1cccc(NC(=O)CN2CCc3sccc3[C@H]2c2cccs2)c1. The van der Waals surface area contributed by atoms with Gasteiger partial charge < -0.3 is 5.32 Å². The van der Waals surface area contributed by atoms with Crippen LogP contribution in [0.25, 0.3) is 0 Å². The number of carbonyl (C=O) groups is 2. The zero-order chi connectivity index (χ0) is 18.8. The Hall–Kier alpha value is -2.28. The van der Waals surface area contributed by atoms with Crippen molar-refractivity contribution in [2.75, 3.05) is 18.4 Å².